The lowest BCUT2D eigenvalue weighted by Gasteiger charge is -2.08. The second kappa shape index (κ2) is 3.71. The molecule has 1 saturated heterocycles. The average molecular weight is 140 g/mol. The van der Waals surface area contributed by atoms with Gasteiger partial charge in [0.2, 0.25) is 0 Å². The summed E-state index contributed by atoms with van der Waals surface area (Å²) in [6.07, 6.45) is 4.44. The number of rotatable bonds is 3. The summed E-state index contributed by atoms with van der Waals surface area (Å²) in [4.78, 5) is 0. The van der Waals surface area contributed by atoms with Crippen molar-refractivity contribution in [3.63, 3.8) is 0 Å². The van der Waals surface area contributed by atoms with Gasteiger partial charge in [0.05, 0.1) is 0 Å². The van der Waals surface area contributed by atoms with Crippen molar-refractivity contribution in [3.8, 4) is 0 Å². The quantitative estimate of drug-likeness (QED) is 0.573. The van der Waals surface area contributed by atoms with Crippen LogP contribution in [0.4, 0.5) is 0 Å². The van der Waals surface area contributed by atoms with Crippen molar-refractivity contribution in [1.29, 1.82) is 5.41 Å². The standard InChI is InChI=1S/C8H16N2/c1-2-7(9)6-8-4-3-5-10-8/h8-10H,2-6H2,1H3. The predicted molar refractivity (Wildman–Crippen MR) is 43.7 cm³/mol. The molecule has 0 amide bonds. The lowest BCUT2D eigenvalue weighted by atomic mass is 10.1. The third-order valence-electron chi connectivity index (χ3n) is 2.08. The number of nitrogens with one attached hydrogen (secondary N) is 2. The zero-order valence-electron chi connectivity index (χ0n) is 6.61. The van der Waals surface area contributed by atoms with E-state index in [-0.39, 0.29) is 0 Å². The molecule has 1 rings (SSSR count). The van der Waals surface area contributed by atoms with Gasteiger partial charge in [0.1, 0.15) is 0 Å². The molecule has 2 nitrogen and oxygen atoms in total. The Labute approximate surface area is 62.5 Å². The highest BCUT2D eigenvalue weighted by Crippen LogP contribution is 2.09. The van der Waals surface area contributed by atoms with Crippen LogP contribution in [0.25, 0.3) is 0 Å². The van der Waals surface area contributed by atoms with E-state index < -0.39 is 0 Å². The van der Waals surface area contributed by atoms with Crippen LogP contribution in [-0.4, -0.2) is 18.3 Å². The Hall–Kier alpha value is -0.370. The van der Waals surface area contributed by atoms with Gasteiger partial charge in [-0.2, -0.15) is 0 Å². The molecule has 0 aliphatic carbocycles. The molecule has 0 aromatic rings. The first-order valence-corrected chi connectivity index (χ1v) is 4.12. The highest BCUT2D eigenvalue weighted by atomic mass is 14.9. The fraction of sp³-hybridized carbons (Fsp3) is 0.875. The number of hydrogen-bond donors (Lipinski definition) is 2. The van der Waals surface area contributed by atoms with Crippen LogP contribution >= 0.6 is 0 Å². The molecule has 1 heterocycles. The van der Waals surface area contributed by atoms with E-state index in [4.69, 9.17) is 5.41 Å². The van der Waals surface area contributed by atoms with Crippen molar-refractivity contribution in [2.75, 3.05) is 6.54 Å². The fourth-order valence-corrected chi connectivity index (χ4v) is 1.37. The van der Waals surface area contributed by atoms with E-state index in [9.17, 15) is 0 Å². The van der Waals surface area contributed by atoms with Gasteiger partial charge in [0.25, 0.3) is 0 Å². The van der Waals surface area contributed by atoms with Crippen LogP contribution in [0, 0.1) is 5.41 Å². The Morgan fingerprint density at radius 2 is 2.50 bits per heavy atom. The first-order valence-electron chi connectivity index (χ1n) is 4.12. The van der Waals surface area contributed by atoms with Gasteiger partial charge in [-0.05, 0) is 25.8 Å². The van der Waals surface area contributed by atoms with Crippen LogP contribution < -0.4 is 5.32 Å². The zero-order chi connectivity index (χ0) is 7.40. The molecule has 1 atom stereocenters. The summed E-state index contributed by atoms with van der Waals surface area (Å²) in [5.74, 6) is 0. The topological polar surface area (TPSA) is 35.9 Å². The summed E-state index contributed by atoms with van der Waals surface area (Å²) >= 11 is 0. The minimum absolute atomic E-state index is 0.618. The summed E-state index contributed by atoms with van der Waals surface area (Å²) in [5, 5.41) is 10.8. The lowest BCUT2D eigenvalue weighted by Crippen LogP contribution is -2.23. The second-order valence-electron chi connectivity index (χ2n) is 2.95. The second-order valence-corrected chi connectivity index (χ2v) is 2.95. The Morgan fingerprint density at radius 1 is 1.70 bits per heavy atom. The highest BCUT2D eigenvalue weighted by molar-refractivity contribution is 5.81. The molecule has 1 fully saturated rings. The smallest absolute Gasteiger partial charge is 0.0119 e. The minimum atomic E-state index is 0.618. The van der Waals surface area contributed by atoms with Crippen molar-refractivity contribution in [2.45, 2.75) is 38.6 Å². The molecule has 10 heavy (non-hydrogen) atoms. The lowest BCUT2D eigenvalue weighted by molar-refractivity contribution is 0.624. The maximum absolute atomic E-state index is 7.46. The van der Waals surface area contributed by atoms with Crippen LogP contribution in [0.15, 0.2) is 0 Å². The molecule has 0 aromatic carbocycles. The van der Waals surface area contributed by atoms with Gasteiger partial charge in [0, 0.05) is 18.2 Å². The van der Waals surface area contributed by atoms with Crippen molar-refractivity contribution in [3.05, 3.63) is 0 Å². The molecule has 0 bridgehead atoms. The van der Waals surface area contributed by atoms with Gasteiger partial charge in [0.15, 0.2) is 0 Å². The summed E-state index contributed by atoms with van der Waals surface area (Å²) in [7, 11) is 0. The zero-order valence-corrected chi connectivity index (χ0v) is 6.61. The van der Waals surface area contributed by atoms with Gasteiger partial charge < -0.3 is 10.7 Å². The first-order chi connectivity index (χ1) is 4.83. The van der Waals surface area contributed by atoms with E-state index in [0.29, 0.717) is 6.04 Å². The Morgan fingerprint density at radius 3 is 3.00 bits per heavy atom. The summed E-state index contributed by atoms with van der Waals surface area (Å²) in [5.41, 5.74) is 0.888. The largest absolute Gasteiger partial charge is 0.314 e. The maximum Gasteiger partial charge on any atom is 0.0119 e. The number of hydrogen-bond acceptors (Lipinski definition) is 2. The molecule has 1 unspecified atom stereocenters. The molecular weight excluding hydrogens is 124 g/mol. The van der Waals surface area contributed by atoms with E-state index in [1.54, 1.807) is 0 Å². The summed E-state index contributed by atoms with van der Waals surface area (Å²) in [6.45, 7) is 3.21. The molecule has 1 aliphatic rings. The average Bonchev–Trinajstić information content (AvgIpc) is 2.40. The van der Waals surface area contributed by atoms with Gasteiger partial charge >= 0.3 is 0 Å². The monoisotopic (exact) mass is 140 g/mol. The van der Waals surface area contributed by atoms with Crippen LogP contribution in [0.2, 0.25) is 0 Å². The van der Waals surface area contributed by atoms with Gasteiger partial charge in [-0.25, -0.2) is 0 Å². The predicted octanol–water partition coefficient (Wildman–Crippen LogP) is 1.56. The minimum Gasteiger partial charge on any atom is -0.314 e. The van der Waals surface area contributed by atoms with E-state index in [1.165, 1.54) is 12.8 Å². The van der Waals surface area contributed by atoms with E-state index in [0.717, 1.165) is 25.1 Å². The van der Waals surface area contributed by atoms with Crippen molar-refractivity contribution >= 4 is 5.71 Å². The molecule has 0 radical (unpaired) electrons. The fourth-order valence-electron chi connectivity index (χ4n) is 1.37. The van der Waals surface area contributed by atoms with Crippen molar-refractivity contribution in [2.24, 2.45) is 0 Å². The molecule has 1 aliphatic heterocycles. The Kier molecular flexibility index (Phi) is 2.87. The molecule has 2 N–H and O–H groups in total. The molecule has 2 heteroatoms. The molecule has 0 spiro atoms. The van der Waals surface area contributed by atoms with Gasteiger partial charge in [-0.3, -0.25) is 0 Å². The van der Waals surface area contributed by atoms with Gasteiger partial charge in [-0.1, -0.05) is 6.92 Å². The van der Waals surface area contributed by atoms with Crippen molar-refractivity contribution in [1.82, 2.24) is 5.32 Å². The van der Waals surface area contributed by atoms with Crippen LogP contribution in [0.1, 0.15) is 32.6 Å². The first kappa shape index (κ1) is 7.73. The van der Waals surface area contributed by atoms with Crippen molar-refractivity contribution < 1.29 is 0 Å². The normalized spacial score (nSPS) is 25.1. The maximum atomic E-state index is 7.46. The summed E-state index contributed by atoms with van der Waals surface area (Å²) in [6, 6.07) is 0.618. The van der Waals surface area contributed by atoms with Gasteiger partial charge in [-0.15, -0.1) is 0 Å². The van der Waals surface area contributed by atoms with E-state index in [2.05, 4.69) is 12.2 Å². The van der Waals surface area contributed by atoms with Crippen LogP contribution in [0.3, 0.4) is 0 Å². The third-order valence-corrected chi connectivity index (χ3v) is 2.08. The van der Waals surface area contributed by atoms with E-state index in [1.807, 2.05) is 0 Å². The van der Waals surface area contributed by atoms with E-state index >= 15 is 0 Å². The molecule has 58 valence electrons. The van der Waals surface area contributed by atoms with Crippen LogP contribution in [-0.2, 0) is 0 Å². The molecular formula is C8H16N2. The third kappa shape index (κ3) is 2.10. The van der Waals surface area contributed by atoms with Crippen LogP contribution in [0.5, 0.6) is 0 Å². The molecule has 0 aromatic heterocycles. The SMILES string of the molecule is CCC(=N)CC1CCCN1. The Balaban J connectivity index is 2.17. The molecule has 0 saturated carbocycles. The summed E-state index contributed by atoms with van der Waals surface area (Å²) < 4.78 is 0. The highest BCUT2D eigenvalue weighted by Gasteiger charge is 2.14. The Bertz CT molecular complexity index is 114.